The molecule has 1 N–H and O–H groups in total. The van der Waals surface area contributed by atoms with Crippen molar-refractivity contribution in [2.45, 2.75) is 18.9 Å². The van der Waals surface area contributed by atoms with Crippen LogP contribution in [0.4, 0.5) is 24.1 Å². The van der Waals surface area contributed by atoms with Gasteiger partial charge in [-0.15, -0.1) is 0 Å². The molecule has 32 heavy (non-hydrogen) atoms. The van der Waals surface area contributed by atoms with Gasteiger partial charge >= 0.3 is 12.1 Å². The van der Waals surface area contributed by atoms with Crippen LogP contribution >= 0.6 is 0 Å². The van der Waals surface area contributed by atoms with Crippen molar-refractivity contribution >= 4 is 29.5 Å². The summed E-state index contributed by atoms with van der Waals surface area (Å²) in [5, 5.41) is 2.56. The van der Waals surface area contributed by atoms with Crippen molar-refractivity contribution < 1.29 is 32.7 Å². The van der Waals surface area contributed by atoms with Gasteiger partial charge in [-0.2, -0.15) is 0 Å². The maximum atomic E-state index is 13.9. The minimum Gasteiger partial charge on any atom is -0.449 e. The third-order valence-corrected chi connectivity index (χ3v) is 5.54. The molecule has 2 aliphatic rings. The van der Waals surface area contributed by atoms with Crippen LogP contribution in [0, 0.1) is 11.6 Å². The number of hydrogen-bond donors (Lipinski definition) is 1. The van der Waals surface area contributed by atoms with Gasteiger partial charge in [0.2, 0.25) is 0 Å². The Hall–Kier alpha value is -3.82. The monoisotopic (exact) mass is 443 g/mol. The predicted octanol–water partition coefficient (Wildman–Crippen LogP) is 2.96. The number of cyclic esters (lactones) is 1. The number of Topliss-reactive ketones (excluding diaryl/α,β-unsaturated/α-hetero) is 1. The van der Waals surface area contributed by atoms with Gasteiger partial charge in [0.25, 0.3) is 5.91 Å². The summed E-state index contributed by atoms with van der Waals surface area (Å²) in [6.45, 7) is 1.66. The average Bonchev–Trinajstić information content (AvgIpc) is 2.98. The number of carbonyl (C=O) groups is 4. The normalized spacial score (nSPS) is 20.9. The van der Waals surface area contributed by atoms with E-state index in [4.69, 9.17) is 4.74 Å². The topological polar surface area (TPSA) is 96.0 Å². The number of hydrogen-bond acceptors (Lipinski definition) is 5. The summed E-state index contributed by atoms with van der Waals surface area (Å²) in [5.41, 5.74) is -0.858. The first-order chi connectivity index (χ1) is 15.2. The number of anilines is 1. The molecular weight excluding hydrogens is 424 g/mol. The Morgan fingerprint density at radius 2 is 1.84 bits per heavy atom. The van der Waals surface area contributed by atoms with Gasteiger partial charge in [0, 0.05) is 18.3 Å². The molecule has 4 amide bonds. The van der Waals surface area contributed by atoms with Gasteiger partial charge in [-0.1, -0.05) is 12.1 Å². The van der Waals surface area contributed by atoms with E-state index in [0.29, 0.717) is 41.8 Å². The van der Waals surface area contributed by atoms with E-state index in [0.717, 1.165) is 12.1 Å². The van der Waals surface area contributed by atoms with Crippen molar-refractivity contribution in [2.24, 2.45) is 0 Å². The van der Waals surface area contributed by atoms with Crippen molar-refractivity contribution in [2.75, 3.05) is 24.6 Å². The standard InChI is InChI=1S/C22H19F2N3O5/c1-22(13-3-6-15(7-4-13)26-9-2-10-32-21(26)31)19(29)27(20(30)25-22)12-18(28)16-8-5-14(23)11-17(16)24/h3-8,11H,2,9-10,12H2,1H3,(H,25,30). The third kappa shape index (κ3) is 3.68. The van der Waals surface area contributed by atoms with Gasteiger partial charge in [-0.05, 0) is 43.2 Å². The lowest BCUT2D eigenvalue weighted by molar-refractivity contribution is -0.130. The van der Waals surface area contributed by atoms with Gasteiger partial charge in [0.15, 0.2) is 5.78 Å². The van der Waals surface area contributed by atoms with Crippen molar-refractivity contribution in [3.05, 3.63) is 65.2 Å². The summed E-state index contributed by atoms with van der Waals surface area (Å²) in [5.74, 6) is -3.45. The smallest absolute Gasteiger partial charge is 0.414 e. The molecule has 2 fully saturated rings. The zero-order valence-corrected chi connectivity index (χ0v) is 17.1. The molecule has 2 aromatic rings. The van der Waals surface area contributed by atoms with E-state index in [1.807, 2.05) is 0 Å². The predicted molar refractivity (Wildman–Crippen MR) is 108 cm³/mol. The zero-order valence-electron chi connectivity index (χ0n) is 17.1. The number of halogens is 2. The van der Waals surface area contributed by atoms with E-state index < -0.39 is 53.1 Å². The van der Waals surface area contributed by atoms with Crippen molar-refractivity contribution in [3.8, 4) is 0 Å². The fourth-order valence-electron chi connectivity index (χ4n) is 3.74. The van der Waals surface area contributed by atoms with Gasteiger partial charge in [-0.25, -0.2) is 18.4 Å². The second-order valence-corrected chi connectivity index (χ2v) is 7.66. The van der Waals surface area contributed by atoms with Crippen LogP contribution in [-0.4, -0.2) is 48.4 Å². The molecule has 0 aliphatic carbocycles. The molecule has 0 aromatic heterocycles. The number of benzene rings is 2. The Labute approximate surface area is 181 Å². The Morgan fingerprint density at radius 3 is 2.50 bits per heavy atom. The fraction of sp³-hybridized carbons (Fsp3) is 0.273. The number of imide groups is 1. The maximum Gasteiger partial charge on any atom is 0.414 e. The minimum atomic E-state index is -1.46. The van der Waals surface area contributed by atoms with Crippen molar-refractivity contribution in [3.63, 3.8) is 0 Å². The molecule has 0 spiro atoms. The number of ketones is 1. The number of urea groups is 1. The third-order valence-electron chi connectivity index (χ3n) is 5.54. The van der Waals surface area contributed by atoms with Gasteiger partial charge in [-0.3, -0.25) is 19.4 Å². The van der Waals surface area contributed by atoms with Crippen LogP contribution in [0.3, 0.4) is 0 Å². The molecule has 0 radical (unpaired) electrons. The van der Waals surface area contributed by atoms with E-state index in [2.05, 4.69) is 5.32 Å². The Bertz CT molecular complexity index is 1120. The lowest BCUT2D eigenvalue weighted by Crippen LogP contribution is -2.41. The van der Waals surface area contributed by atoms with Crippen LogP contribution in [0.2, 0.25) is 0 Å². The van der Waals surface area contributed by atoms with Crippen molar-refractivity contribution in [1.29, 1.82) is 0 Å². The van der Waals surface area contributed by atoms with E-state index >= 15 is 0 Å². The first-order valence-corrected chi connectivity index (χ1v) is 9.88. The van der Waals surface area contributed by atoms with Gasteiger partial charge < -0.3 is 10.1 Å². The zero-order chi connectivity index (χ0) is 23.0. The van der Waals surface area contributed by atoms with Crippen LogP contribution in [0.15, 0.2) is 42.5 Å². The minimum absolute atomic E-state index is 0.363. The molecule has 0 saturated carbocycles. The second-order valence-electron chi connectivity index (χ2n) is 7.66. The quantitative estimate of drug-likeness (QED) is 0.566. The molecule has 10 heteroatoms. The SMILES string of the molecule is CC1(c2ccc(N3CCCOC3=O)cc2)NC(=O)N(CC(=O)c2ccc(F)cc2F)C1=O. The van der Waals surface area contributed by atoms with Crippen LogP contribution in [0.5, 0.6) is 0 Å². The second kappa shape index (κ2) is 8.03. The number of nitrogens with one attached hydrogen (secondary N) is 1. The highest BCUT2D eigenvalue weighted by atomic mass is 19.1. The highest BCUT2D eigenvalue weighted by Crippen LogP contribution is 2.31. The Morgan fingerprint density at radius 1 is 1.12 bits per heavy atom. The summed E-state index contributed by atoms with van der Waals surface area (Å²) in [7, 11) is 0. The molecule has 2 aromatic carbocycles. The number of amides is 4. The Kier molecular flexibility index (Phi) is 5.37. The number of ether oxygens (including phenoxy) is 1. The van der Waals surface area contributed by atoms with Crippen LogP contribution in [0.1, 0.15) is 29.3 Å². The van der Waals surface area contributed by atoms with Crippen LogP contribution < -0.4 is 10.2 Å². The largest absolute Gasteiger partial charge is 0.449 e. The Balaban J connectivity index is 1.53. The number of carbonyl (C=O) groups excluding carboxylic acids is 4. The highest BCUT2D eigenvalue weighted by molar-refractivity contribution is 6.11. The van der Waals surface area contributed by atoms with Crippen LogP contribution in [-0.2, 0) is 15.1 Å². The fourth-order valence-corrected chi connectivity index (χ4v) is 3.74. The lowest BCUT2D eigenvalue weighted by atomic mass is 9.91. The number of rotatable bonds is 5. The lowest BCUT2D eigenvalue weighted by Gasteiger charge is -2.27. The molecule has 0 bridgehead atoms. The van der Waals surface area contributed by atoms with E-state index in [1.54, 1.807) is 24.3 Å². The van der Waals surface area contributed by atoms with Gasteiger partial charge in [0.1, 0.15) is 17.2 Å². The molecule has 4 rings (SSSR count). The molecule has 2 saturated heterocycles. The molecule has 1 unspecified atom stereocenters. The van der Waals surface area contributed by atoms with E-state index in [1.165, 1.54) is 11.8 Å². The summed E-state index contributed by atoms with van der Waals surface area (Å²) < 4.78 is 32.0. The summed E-state index contributed by atoms with van der Waals surface area (Å²) in [6, 6.07) is 8.10. The highest BCUT2D eigenvalue weighted by Gasteiger charge is 2.49. The molecule has 1 atom stereocenters. The molecule has 166 valence electrons. The first-order valence-electron chi connectivity index (χ1n) is 9.88. The maximum absolute atomic E-state index is 13.9. The first kappa shape index (κ1) is 21.4. The number of nitrogens with zero attached hydrogens (tertiary/aromatic N) is 2. The van der Waals surface area contributed by atoms with Crippen molar-refractivity contribution in [1.82, 2.24) is 10.2 Å². The summed E-state index contributed by atoms with van der Waals surface area (Å²) >= 11 is 0. The molecular formula is C22H19F2N3O5. The van der Waals surface area contributed by atoms with Gasteiger partial charge in [0.05, 0.1) is 18.7 Å². The summed E-state index contributed by atoms with van der Waals surface area (Å²) in [6.07, 6.45) is 0.232. The molecule has 8 nitrogen and oxygen atoms in total. The van der Waals surface area contributed by atoms with E-state index in [9.17, 15) is 28.0 Å². The molecule has 2 heterocycles. The van der Waals surface area contributed by atoms with E-state index in [-0.39, 0.29) is 0 Å². The molecule has 2 aliphatic heterocycles. The summed E-state index contributed by atoms with van der Waals surface area (Å²) in [4.78, 5) is 52.0. The average molecular weight is 443 g/mol. The van der Waals surface area contributed by atoms with Crippen LogP contribution in [0.25, 0.3) is 0 Å².